The summed E-state index contributed by atoms with van der Waals surface area (Å²) in [7, 11) is 0. The van der Waals surface area contributed by atoms with Crippen LogP contribution < -0.4 is 5.32 Å². The molecule has 1 N–H and O–H groups in total. The van der Waals surface area contributed by atoms with Crippen LogP contribution in [0.25, 0.3) is 0 Å². The Morgan fingerprint density at radius 2 is 2.19 bits per heavy atom. The monoisotopic (exact) mass is 325 g/mol. The van der Waals surface area contributed by atoms with Gasteiger partial charge in [-0.2, -0.15) is 8.75 Å². The van der Waals surface area contributed by atoms with Crippen LogP contribution in [0.5, 0.6) is 0 Å². The highest BCUT2D eigenvalue weighted by Crippen LogP contribution is 2.13. The number of carbonyl (C=O) groups is 1. The van der Waals surface area contributed by atoms with Crippen LogP contribution in [0.3, 0.4) is 0 Å². The van der Waals surface area contributed by atoms with Crippen LogP contribution in [0, 0.1) is 12.7 Å². The zero-order valence-corrected chi connectivity index (χ0v) is 13.3. The highest BCUT2D eigenvalue weighted by molar-refractivity contribution is 7.99. The Bertz CT molecular complexity index is 603. The molecule has 0 atom stereocenters. The van der Waals surface area contributed by atoms with Crippen LogP contribution in [0.2, 0.25) is 0 Å². The topological polar surface area (TPSA) is 54.9 Å². The Morgan fingerprint density at radius 1 is 1.38 bits per heavy atom. The van der Waals surface area contributed by atoms with Crippen molar-refractivity contribution in [3.8, 4) is 0 Å². The molecule has 0 saturated carbocycles. The fourth-order valence-corrected chi connectivity index (χ4v) is 3.21. The summed E-state index contributed by atoms with van der Waals surface area (Å²) in [6.07, 6.45) is 0.498. The summed E-state index contributed by atoms with van der Waals surface area (Å²) >= 11 is 2.69. The van der Waals surface area contributed by atoms with E-state index < -0.39 is 0 Å². The molecule has 0 spiro atoms. The van der Waals surface area contributed by atoms with Crippen LogP contribution in [0.4, 0.5) is 4.39 Å². The van der Waals surface area contributed by atoms with Crippen LogP contribution in [-0.4, -0.2) is 27.0 Å². The number of aryl methyl sites for hydroxylation is 1. The number of hydrogen-bond donors (Lipinski definition) is 1. The Balaban J connectivity index is 1.64. The van der Waals surface area contributed by atoms with E-state index in [1.807, 2.05) is 6.92 Å². The molecule has 2 rings (SSSR count). The summed E-state index contributed by atoms with van der Waals surface area (Å²) in [4.78, 5) is 11.7. The molecule has 0 aliphatic rings. The number of benzene rings is 1. The second-order valence-electron chi connectivity index (χ2n) is 4.48. The normalized spacial score (nSPS) is 10.6. The lowest BCUT2D eigenvalue weighted by Crippen LogP contribution is -2.27. The molecule has 0 aliphatic heterocycles. The van der Waals surface area contributed by atoms with Gasteiger partial charge in [-0.25, -0.2) is 4.39 Å². The molecule has 21 heavy (non-hydrogen) atoms. The number of halogens is 1. The van der Waals surface area contributed by atoms with E-state index in [2.05, 4.69) is 14.1 Å². The van der Waals surface area contributed by atoms with Gasteiger partial charge < -0.3 is 5.32 Å². The van der Waals surface area contributed by atoms with Crippen molar-refractivity contribution in [2.75, 3.05) is 12.3 Å². The van der Waals surface area contributed by atoms with Gasteiger partial charge in [-0.1, -0.05) is 18.2 Å². The lowest BCUT2D eigenvalue weighted by molar-refractivity contribution is -0.118. The van der Waals surface area contributed by atoms with Crippen molar-refractivity contribution in [1.82, 2.24) is 14.1 Å². The van der Waals surface area contributed by atoms with Crippen LogP contribution in [0.1, 0.15) is 17.0 Å². The smallest absolute Gasteiger partial charge is 0.230 e. The number of rotatable bonds is 7. The zero-order valence-electron chi connectivity index (χ0n) is 11.6. The Labute approximate surface area is 131 Å². The number of nitrogens with zero attached hydrogens (tertiary/aromatic N) is 2. The van der Waals surface area contributed by atoms with Crippen molar-refractivity contribution >= 4 is 29.4 Å². The molecule has 1 aromatic heterocycles. The minimum absolute atomic E-state index is 0.0443. The first-order valence-electron chi connectivity index (χ1n) is 6.52. The average Bonchev–Trinajstić information content (AvgIpc) is 2.87. The Morgan fingerprint density at radius 3 is 2.90 bits per heavy atom. The van der Waals surface area contributed by atoms with Gasteiger partial charge in [0.15, 0.2) is 0 Å². The molecule has 1 heterocycles. The molecule has 0 fully saturated rings. The quantitative estimate of drug-likeness (QED) is 0.850. The SMILES string of the molecule is Cc1nsnc1CSCC(=O)NCCc1ccccc1F. The van der Waals surface area contributed by atoms with E-state index >= 15 is 0 Å². The molecular weight excluding hydrogens is 309 g/mol. The number of aromatic nitrogens is 2. The molecule has 0 aliphatic carbocycles. The Kier molecular flexibility index (Phi) is 6.13. The van der Waals surface area contributed by atoms with Crippen LogP contribution >= 0.6 is 23.5 Å². The molecular formula is C14H16FN3OS2. The van der Waals surface area contributed by atoms with Crippen molar-refractivity contribution in [1.29, 1.82) is 0 Å². The van der Waals surface area contributed by atoms with Gasteiger partial charge >= 0.3 is 0 Å². The number of hydrogen-bond acceptors (Lipinski definition) is 5. The molecule has 1 amide bonds. The molecule has 1 aromatic carbocycles. The first kappa shape index (κ1) is 15.9. The van der Waals surface area contributed by atoms with Crippen LogP contribution in [-0.2, 0) is 17.0 Å². The highest BCUT2D eigenvalue weighted by atomic mass is 32.2. The number of nitrogens with one attached hydrogen (secondary N) is 1. The molecule has 0 bridgehead atoms. The summed E-state index contributed by atoms with van der Waals surface area (Å²) in [5, 5.41) is 2.79. The van der Waals surface area contributed by atoms with Gasteiger partial charge in [-0.15, -0.1) is 11.8 Å². The van der Waals surface area contributed by atoms with Crippen molar-refractivity contribution in [3.05, 3.63) is 47.0 Å². The molecule has 0 saturated heterocycles. The predicted octanol–water partition coefficient (Wildman–Crippen LogP) is 2.58. The third-order valence-electron chi connectivity index (χ3n) is 2.89. The standard InChI is InChI=1S/C14H16FN3OS2/c1-10-13(18-21-17-10)8-20-9-14(19)16-7-6-11-4-2-3-5-12(11)15/h2-5H,6-9H2,1H3,(H,16,19). The first-order chi connectivity index (χ1) is 10.2. The molecule has 112 valence electrons. The van der Waals surface area contributed by atoms with Gasteiger partial charge in [0.1, 0.15) is 5.82 Å². The predicted molar refractivity (Wildman–Crippen MR) is 83.9 cm³/mol. The summed E-state index contributed by atoms with van der Waals surface area (Å²) in [5.74, 6) is 0.780. The third-order valence-corrected chi connectivity index (χ3v) is 4.49. The van der Waals surface area contributed by atoms with E-state index in [1.165, 1.54) is 29.6 Å². The lowest BCUT2D eigenvalue weighted by Gasteiger charge is -2.06. The van der Waals surface area contributed by atoms with Gasteiger partial charge in [0.05, 0.1) is 28.9 Å². The number of amides is 1. The average molecular weight is 325 g/mol. The van der Waals surface area contributed by atoms with E-state index in [-0.39, 0.29) is 11.7 Å². The summed E-state index contributed by atoms with van der Waals surface area (Å²) in [6.45, 7) is 2.35. The summed E-state index contributed by atoms with van der Waals surface area (Å²) in [5.41, 5.74) is 2.48. The number of carbonyl (C=O) groups excluding carboxylic acids is 1. The molecule has 4 nitrogen and oxygen atoms in total. The maximum absolute atomic E-state index is 13.4. The summed E-state index contributed by atoms with van der Waals surface area (Å²) in [6, 6.07) is 6.61. The van der Waals surface area contributed by atoms with Crippen molar-refractivity contribution < 1.29 is 9.18 Å². The highest BCUT2D eigenvalue weighted by Gasteiger charge is 2.06. The van der Waals surface area contributed by atoms with E-state index in [0.717, 1.165) is 11.4 Å². The fraction of sp³-hybridized carbons (Fsp3) is 0.357. The van der Waals surface area contributed by atoms with Gasteiger partial charge in [0, 0.05) is 12.3 Å². The van der Waals surface area contributed by atoms with Gasteiger partial charge in [0.2, 0.25) is 5.91 Å². The first-order valence-corrected chi connectivity index (χ1v) is 8.41. The van der Waals surface area contributed by atoms with Crippen molar-refractivity contribution in [2.24, 2.45) is 0 Å². The fourth-order valence-electron chi connectivity index (χ4n) is 1.71. The van der Waals surface area contributed by atoms with Gasteiger partial charge in [0.25, 0.3) is 0 Å². The second kappa shape index (κ2) is 8.09. The largest absolute Gasteiger partial charge is 0.355 e. The maximum atomic E-state index is 13.4. The molecule has 0 unspecified atom stereocenters. The molecule has 0 radical (unpaired) electrons. The summed E-state index contributed by atoms with van der Waals surface area (Å²) < 4.78 is 21.6. The van der Waals surface area contributed by atoms with E-state index in [0.29, 0.717) is 30.0 Å². The minimum atomic E-state index is -0.229. The number of thioether (sulfide) groups is 1. The lowest BCUT2D eigenvalue weighted by atomic mass is 10.1. The zero-order chi connectivity index (χ0) is 15.1. The van der Waals surface area contributed by atoms with Crippen molar-refractivity contribution in [2.45, 2.75) is 19.1 Å². The van der Waals surface area contributed by atoms with Crippen LogP contribution in [0.15, 0.2) is 24.3 Å². The van der Waals surface area contributed by atoms with E-state index in [1.54, 1.807) is 18.2 Å². The van der Waals surface area contributed by atoms with Gasteiger partial charge in [-0.3, -0.25) is 4.79 Å². The molecule has 7 heteroatoms. The Hall–Kier alpha value is -1.47. The van der Waals surface area contributed by atoms with E-state index in [4.69, 9.17) is 0 Å². The van der Waals surface area contributed by atoms with E-state index in [9.17, 15) is 9.18 Å². The maximum Gasteiger partial charge on any atom is 0.230 e. The molecule has 2 aromatic rings. The second-order valence-corrected chi connectivity index (χ2v) is 5.99. The minimum Gasteiger partial charge on any atom is -0.355 e. The third kappa shape index (κ3) is 5.09. The van der Waals surface area contributed by atoms with Crippen molar-refractivity contribution in [3.63, 3.8) is 0 Å². The van der Waals surface area contributed by atoms with Gasteiger partial charge in [-0.05, 0) is 25.0 Å².